The molecule has 1 amide bonds. The molecule has 1 aromatic rings. The van der Waals surface area contributed by atoms with E-state index in [-0.39, 0.29) is 17.4 Å². The Kier molecular flexibility index (Phi) is 4.88. The summed E-state index contributed by atoms with van der Waals surface area (Å²) in [6.45, 7) is 6.71. The number of halogens is 1. The lowest BCUT2D eigenvalue weighted by molar-refractivity contribution is 0.00718. The van der Waals surface area contributed by atoms with Crippen LogP contribution in [0.3, 0.4) is 0 Å². The lowest BCUT2D eigenvalue weighted by atomic mass is 10.1. The summed E-state index contributed by atoms with van der Waals surface area (Å²) in [6, 6.07) is 0. The molecule has 0 aromatic carbocycles. The van der Waals surface area contributed by atoms with Crippen molar-refractivity contribution in [3.05, 3.63) is 17.5 Å². The molecule has 6 nitrogen and oxygen atoms in total. The second-order valence-electron chi connectivity index (χ2n) is 5.99. The third-order valence-electron chi connectivity index (χ3n) is 2.90. The van der Waals surface area contributed by atoms with E-state index in [2.05, 4.69) is 9.97 Å². The maximum atomic E-state index is 12.1. The average Bonchev–Trinajstić information content (AvgIpc) is 2.37. The number of rotatable bonds is 2. The van der Waals surface area contributed by atoms with Gasteiger partial charge in [0.05, 0.1) is 18.9 Å². The van der Waals surface area contributed by atoms with E-state index in [4.69, 9.17) is 21.1 Å². The molecule has 1 aliphatic heterocycles. The standard InChI is InChI=1S/C14H20ClN3O3/c1-14(2,3)21-13(19)18-6-4-5-10(9-18)20-12-8-16-7-11(15)17-12/h7-8,10H,4-6,9H2,1-3H3. The molecule has 1 atom stereocenters. The van der Waals surface area contributed by atoms with Crippen LogP contribution in [-0.4, -0.2) is 45.8 Å². The first-order valence-electron chi connectivity index (χ1n) is 6.95. The zero-order valence-electron chi connectivity index (χ0n) is 12.5. The van der Waals surface area contributed by atoms with Crippen LogP contribution in [0.5, 0.6) is 5.88 Å². The van der Waals surface area contributed by atoms with E-state index >= 15 is 0 Å². The van der Waals surface area contributed by atoms with Crippen molar-refractivity contribution in [3.63, 3.8) is 0 Å². The Labute approximate surface area is 129 Å². The summed E-state index contributed by atoms with van der Waals surface area (Å²) in [4.78, 5) is 21.7. The van der Waals surface area contributed by atoms with Crippen molar-refractivity contribution in [2.45, 2.75) is 45.3 Å². The second kappa shape index (κ2) is 6.47. The highest BCUT2D eigenvalue weighted by molar-refractivity contribution is 6.29. The summed E-state index contributed by atoms with van der Waals surface area (Å²) < 4.78 is 11.1. The van der Waals surface area contributed by atoms with Gasteiger partial charge in [0.15, 0.2) is 5.15 Å². The fraction of sp³-hybridized carbons (Fsp3) is 0.643. The van der Waals surface area contributed by atoms with Crippen LogP contribution in [0.1, 0.15) is 33.6 Å². The number of hydrogen-bond donors (Lipinski definition) is 0. The fourth-order valence-electron chi connectivity index (χ4n) is 2.08. The van der Waals surface area contributed by atoms with Crippen molar-refractivity contribution in [2.75, 3.05) is 13.1 Å². The van der Waals surface area contributed by atoms with Crippen LogP contribution < -0.4 is 4.74 Å². The molecule has 0 saturated carbocycles. The SMILES string of the molecule is CC(C)(C)OC(=O)N1CCCC(Oc2cncc(Cl)n2)C1. The summed E-state index contributed by atoms with van der Waals surface area (Å²) in [6.07, 6.45) is 4.23. The molecule has 21 heavy (non-hydrogen) atoms. The average molecular weight is 314 g/mol. The first-order valence-corrected chi connectivity index (χ1v) is 7.33. The van der Waals surface area contributed by atoms with Crippen LogP contribution in [0.25, 0.3) is 0 Å². The minimum atomic E-state index is -0.497. The molecule has 116 valence electrons. The summed E-state index contributed by atoms with van der Waals surface area (Å²) in [5.41, 5.74) is -0.497. The van der Waals surface area contributed by atoms with Gasteiger partial charge in [0.25, 0.3) is 0 Å². The lowest BCUT2D eigenvalue weighted by Crippen LogP contribution is -2.46. The first-order chi connectivity index (χ1) is 9.83. The van der Waals surface area contributed by atoms with Crippen LogP contribution in [-0.2, 0) is 4.74 Å². The summed E-state index contributed by atoms with van der Waals surface area (Å²) in [5, 5.41) is 0.285. The maximum Gasteiger partial charge on any atom is 0.410 e. The predicted octanol–water partition coefficient (Wildman–Crippen LogP) is 2.91. The van der Waals surface area contributed by atoms with E-state index in [1.807, 2.05) is 20.8 Å². The van der Waals surface area contributed by atoms with E-state index in [0.717, 1.165) is 12.8 Å². The Morgan fingerprint density at radius 2 is 2.19 bits per heavy atom. The van der Waals surface area contributed by atoms with Gasteiger partial charge < -0.3 is 14.4 Å². The van der Waals surface area contributed by atoms with Gasteiger partial charge in [-0.25, -0.2) is 4.79 Å². The quantitative estimate of drug-likeness (QED) is 0.840. The molecule has 1 aromatic heterocycles. The van der Waals surface area contributed by atoms with Crippen molar-refractivity contribution in [1.82, 2.24) is 14.9 Å². The second-order valence-corrected chi connectivity index (χ2v) is 6.38. The van der Waals surface area contributed by atoms with Crippen molar-refractivity contribution < 1.29 is 14.3 Å². The van der Waals surface area contributed by atoms with E-state index < -0.39 is 5.60 Å². The van der Waals surface area contributed by atoms with Gasteiger partial charge in [-0.05, 0) is 33.6 Å². The number of carbonyl (C=O) groups is 1. The van der Waals surface area contributed by atoms with Gasteiger partial charge in [0.2, 0.25) is 5.88 Å². The Hall–Kier alpha value is -1.56. The lowest BCUT2D eigenvalue weighted by Gasteiger charge is -2.33. The number of hydrogen-bond acceptors (Lipinski definition) is 5. The molecule has 0 aliphatic carbocycles. The van der Waals surface area contributed by atoms with Crippen molar-refractivity contribution in [2.24, 2.45) is 0 Å². The third-order valence-corrected chi connectivity index (χ3v) is 3.08. The van der Waals surface area contributed by atoms with Gasteiger partial charge in [-0.2, -0.15) is 4.98 Å². The molecule has 1 aliphatic rings. The predicted molar refractivity (Wildman–Crippen MR) is 78.5 cm³/mol. The van der Waals surface area contributed by atoms with E-state index in [0.29, 0.717) is 19.0 Å². The molecular weight excluding hydrogens is 294 g/mol. The van der Waals surface area contributed by atoms with Gasteiger partial charge in [-0.1, -0.05) is 11.6 Å². The van der Waals surface area contributed by atoms with Gasteiger partial charge in [0.1, 0.15) is 11.7 Å². The van der Waals surface area contributed by atoms with Crippen LogP contribution in [0.15, 0.2) is 12.4 Å². The highest BCUT2D eigenvalue weighted by atomic mass is 35.5. The Balaban J connectivity index is 1.93. The number of ether oxygens (including phenoxy) is 2. The minimum Gasteiger partial charge on any atom is -0.471 e. The Morgan fingerprint density at radius 1 is 1.43 bits per heavy atom. The highest BCUT2D eigenvalue weighted by Gasteiger charge is 2.28. The molecule has 0 bridgehead atoms. The number of carbonyl (C=O) groups excluding carboxylic acids is 1. The van der Waals surface area contributed by atoms with E-state index in [1.165, 1.54) is 12.4 Å². The number of piperidine rings is 1. The van der Waals surface area contributed by atoms with Crippen molar-refractivity contribution >= 4 is 17.7 Å². The normalized spacial score (nSPS) is 19.2. The van der Waals surface area contributed by atoms with Crippen molar-refractivity contribution in [1.29, 1.82) is 0 Å². The third kappa shape index (κ3) is 5.04. The van der Waals surface area contributed by atoms with Crippen LogP contribution in [0.4, 0.5) is 4.79 Å². The topological polar surface area (TPSA) is 64.5 Å². The molecule has 1 saturated heterocycles. The van der Waals surface area contributed by atoms with Crippen LogP contribution in [0, 0.1) is 0 Å². The van der Waals surface area contributed by atoms with Gasteiger partial charge in [-0.15, -0.1) is 0 Å². The molecule has 1 fully saturated rings. The molecule has 2 rings (SSSR count). The van der Waals surface area contributed by atoms with Gasteiger partial charge in [-0.3, -0.25) is 4.98 Å². The molecule has 2 heterocycles. The molecule has 1 unspecified atom stereocenters. The largest absolute Gasteiger partial charge is 0.471 e. The molecule has 0 N–H and O–H groups in total. The number of aromatic nitrogens is 2. The smallest absolute Gasteiger partial charge is 0.410 e. The zero-order valence-corrected chi connectivity index (χ0v) is 13.3. The molecular formula is C14H20ClN3O3. The molecule has 0 spiro atoms. The van der Waals surface area contributed by atoms with Crippen molar-refractivity contribution in [3.8, 4) is 5.88 Å². The molecule has 7 heteroatoms. The van der Waals surface area contributed by atoms with Gasteiger partial charge >= 0.3 is 6.09 Å². The van der Waals surface area contributed by atoms with Gasteiger partial charge in [0, 0.05) is 6.54 Å². The Morgan fingerprint density at radius 3 is 2.86 bits per heavy atom. The van der Waals surface area contributed by atoms with Crippen LogP contribution >= 0.6 is 11.6 Å². The van der Waals surface area contributed by atoms with Crippen LogP contribution in [0.2, 0.25) is 5.15 Å². The fourth-order valence-corrected chi connectivity index (χ4v) is 2.22. The summed E-state index contributed by atoms with van der Waals surface area (Å²) >= 11 is 5.78. The Bertz CT molecular complexity index is 504. The number of likely N-dealkylation sites (tertiary alicyclic amines) is 1. The number of amides is 1. The summed E-state index contributed by atoms with van der Waals surface area (Å²) in [5.74, 6) is 0.374. The number of nitrogens with zero attached hydrogens (tertiary/aromatic N) is 3. The summed E-state index contributed by atoms with van der Waals surface area (Å²) in [7, 11) is 0. The monoisotopic (exact) mass is 313 g/mol. The molecule has 0 radical (unpaired) electrons. The van der Waals surface area contributed by atoms with E-state index in [1.54, 1.807) is 4.90 Å². The first kappa shape index (κ1) is 15.8. The van der Waals surface area contributed by atoms with E-state index in [9.17, 15) is 4.79 Å². The minimum absolute atomic E-state index is 0.126. The zero-order chi connectivity index (χ0) is 15.5. The maximum absolute atomic E-state index is 12.1. The highest BCUT2D eigenvalue weighted by Crippen LogP contribution is 2.19.